The monoisotopic (exact) mass is 982 g/mol. The van der Waals surface area contributed by atoms with Crippen LogP contribution in [-0.4, -0.2) is 119 Å². The molecule has 15 nitrogen and oxygen atoms in total. The number of aryl methyl sites for hydroxylation is 2. The first kappa shape index (κ1) is 52.9. The van der Waals surface area contributed by atoms with E-state index in [0.717, 1.165) is 46.6 Å². The molecular formula is C52H67ClN8O7S. The standard InChI is InChI=1S/C52H67ClN8O7S/c1-31(34-14-16-35(17-15-34)43-32(2)56-30-69-43)57-46(65)41-24-37(62)28-61(41)47(66)44(50(3,4)5)58-42(63)29-67-23-22-60(10)21-11-12-33-13-20-40(55-27-33)45(64)59-48-51(6,7)49(52(48,8)9)68-38-19-18-36(26-54)39(53)25-38/h13-20,25,27,30-31,37,41,44,48-49,62H,11-12,21-24,28-29H2,1-10H3,(H,57,65)(H,58,63)(H,59,64)/t31-,37+,41-,44+,48-,49-/m0/s1. The van der Waals surface area contributed by atoms with Crippen molar-refractivity contribution in [3.05, 3.63) is 99.4 Å². The molecule has 0 radical (unpaired) electrons. The molecule has 0 bridgehead atoms. The fraction of sp³-hybridized carbons (Fsp3) is 0.519. The van der Waals surface area contributed by atoms with E-state index in [9.17, 15) is 29.5 Å². The minimum Gasteiger partial charge on any atom is -0.489 e. The number of rotatable bonds is 19. The number of aliphatic hydroxyl groups excluding tert-OH is 1. The highest BCUT2D eigenvalue weighted by Gasteiger charge is 2.64. The average Bonchev–Trinajstić information content (AvgIpc) is 3.92. The number of hydrogen-bond donors (Lipinski definition) is 4. The molecule has 2 aromatic carbocycles. The fourth-order valence-electron chi connectivity index (χ4n) is 9.78. The van der Waals surface area contributed by atoms with Gasteiger partial charge in [-0.25, -0.2) is 4.98 Å². The van der Waals surface area contributed by atoms with E-state index in [0.29, 0.717) is 35.2 Å². The van der Waals surface area contributed by atoms with Gasteiger partial charge >= 0.3 is 0 Å². The zero-order chi connectivity index (χ0) is 50.4. The second-order valence-corrected chi connectivity index (χ2v) is 22.0. The predicted octanol–water partition coefficient (Wildman–Crippen LogP) is 6.90. The molecule has 4 aromatic rings. The van der Waals surface area contributed by atoms with Gasteiger partial charge in [0, 0.05) is 48.6 Å². The molecule has 1 saturated heterocycles. The van der Waals surface area contributed by atoms with Crippen molar-refractivity contribution in [1.29, 1.82) is 5.26 Å². The van der Waals surface area contributed by atoms with Crippen LogP contribution in [0.1, 0.15) is 107 Å². The molecule has 2 aromatic heterocycles. The zero-order valence-corrected chi connectivity index (χ0v) is 43.0. The number of thiazole rings is 1. The number of nitrogens with one attached hydrogen (secondary N) is 3. The Morgan fingerprint density at radius 3 is 2.35 bits per heavy atom. The summed E-state index contributed by atoms with van der Waals surface area (Å²) in [5, 5.41) is 29.3. The van der Waals surface area contributed by atoms with Gasteiger partial charge in [0.05, 0.1) is 45.4 Å². The minimum absolute atomic E-state index is 0.0194. The molecular weight excluding hydrogens is 916 g/mol. The molecule has 1 aliphatic heterocycles. The number of carbonyl (C=O) groups is 4. The van der Waals surface area contributed by atoms with Crippen LogP contribution >= 0.6 is 22.9 Å². The lowest BCUT2D eigenvalue weighted by atomic mass is 9.49. The van der Waals surface area contributed by atoms with Crippen LogP contribution < -0.4 is 20.7 Å². The Morgan fingerprint density at radius 2 is 1.74 bits per heavy atom. The van der Waals surface area contributed by atoms with Crippen LogP contribution in [0.3, 0.4) is 0 Å². The van der Waals surface area contributed by atoms with Crippen molar-refractivity contribution >= 4 is 46.6 Å². The van der Waals surface area contributed by atoms with E-state index >= 15 is 0 Å². The van der Waals surface area contributed by atoms with E-state index in [2.05, 4.69) is 64.6 Å². The lowest BCUT2D eigenvalue weighted by molar-refractivity contribution is -0.164. The molecule has 2 fully saturated rings. The highest BCUT2D eigenvalue weighted by Crippen LogP contribution is 2.55. The van der Waals surface area contributed by atoms with Gasteiger partial charge in [-0.1, -0.05) is 90.4 Å². The molecule has 4 N–H and O–H groups in total. The first-order valence-corrected chi connectivity index (χ1v) is 24.7. The molecule has 370 valence electrons. The van der Waals surface area contributed by atoms with Gasteiger partial charge in [0.25, 0.3) is 5.91 Å². The van der Waals surface area contributed by atoms with Gasteiger partial charge in [0.15, 0.2) is 0 Å². The molecule has 17 heteroatoms. The highest BCUT2D eigenvalue weighted by atomic mass is 35.5. The topological polar surface area (TPSA) is 199 Å². The summed E-state index contributed by atoms with van der Waals surface area (Å²) >= 11 is 7.81. The summed E-state index contributed by atoms with van der Waals surface area (Å²) in [4.78, 5) is 67.7. The Labute approximate surface area is 415 Å². The normalized spacial score (nSPS) is 20.3. The van der Waals surface area contributed by atoms with E-state index in [1.165, 1.54) is 4.90 Å². The molecule has 4 atom stereocenters. The number of β-amino-alcohol motifs (C(OH)–C–C–N with tert-alkyl or cyclic N) is 1. The van der Waals surface area contributed by atoms with E-state index in [4.69, 9.17) is 21.1 Å². The van der Waals surface area contributed by atoms with Gasteiger partial charge < -0.3 is 40.3 Å². The molecule has 2 aliphatic rings. The first-order valence-electron chi connectivity index (χ1n) is 23.5. The van der Waals surface area contributed by atoms with Gasteiger partial charge in [-0.2, -0.15) is 5.26 Å². The number of amides is 4. The van der Waals surface area contributed by atoms with Crippen molar-refractivity contribution in [2.45, 2.75) is 118 Å². The Balaban J connectivity index is 0.904. The quantitative estimate of drug-likeness (QED) is 0.0713. The van der Waals surface area contributed by atoms with Gasteiger partial charge in [-0.3, -0.25) is 24.2 Å². The van der Waals surface area contributed by atoms with Crippen molar-refractivity contribution in [3.8, 4) is 22.3 Å². The number of nitriles is 1. The molecule has 0 unspecified atom stereocenters. The number of likely N-dealkylation sites (N-methyl/N-ethyl adjacent to an activating group) is 1. The largest absolute Gasteiger partial charge is 0.489 e. The lowest BCUT2D eigenvalue weighted by Crippen LogP contribution is -2.74. The summed E-state index contributed by atoms with van der Waals surface area (Å²) in [5.74, 6) is -0.948. The van der Waals surface area contributed by atoms with E-state index in [-0.39, 0.29) is 49.6 Å². The van der Waals surface area contributed by atoms with Gasteiger partial charge in [-0.05, 0) is 80.6 Å². The van der Waals surface area contributed by atoms with Crippen molar-refractivity contribution < 1.29 is 33.8 Å². The summed E-state index contributed by atoms with van der Waals surface area (Å²) < 4.78 is 12.1. The van der Waals surface area contributed by atoms with Crippen molar-refractivity contribution in [1.82, 2.24) is 35.7 Å². The van der Waals surface area contributed by atoms with Gasteiger partial charge in [-0.15, -0.1) is 11.3 Å². The third kappa shape index (κ3) is 12.7. The SMILES string of the molecule is Cc1ncsc1-c1ccc([C@H](C)NC(=O)[C@@H]2C[C@@H](O)CN2C(=O)[C@@H](NC(=O)COCCN(C)CCCc2ccc(C(=O)N[C@H]3C(C)(C)[C@H](Oc4ccc(C#N)c(Cl)c4)C3(C)C)nc2)C(C)(C)C)cc1. The molecule has 1 aliphatic carbocycles. The van der Waals surface area contributed by atoms with Crippen LogP contribution in [0.15, 0.2) is 66.3 Å². The van der Waals surface area contributed by atoms with E-state index < -0.39 is 46.2 Å². The number of aromatic nitrogens is 2. The first-order chi connectivity index (χ1) is 32.5. The van der Waals surface area contributed by atoms with Crippen molar-refractivity contribution in [3.63, 3.8) is 0 Å². The molecule has 4 amide bonds. The van der Waals surface area contributed by atoms with E-state index in [1.807, 2.05) is 77.5 Å². The highest BCUT2D eigenvalue weighted by molar-refractivity contribution is 7.13. The Kier molecular flexibility index (Phi) is 17.0. The van der Waals surface area contributed by atoms with Crippen LogP contribution in [0.5, 0.6) is 5.75 Å². The maximum Gasteiger partial charge on any atom is 0.270 e. The van der Waals surface area contributed by atoms with Crippen LogP contribution in [0.25, 0.3) is 10.4 Å². The number of hydrogen-bond acceptors (Lipinski definition) is 12. The molecule has 6 rings (SSSR count). The van der Waals surface area contributed by atoms with Crippen LogP contribution in [0, 0.1) is 34.5 Å². The summed E-state index contributed by atoms with van der Waals surface area (Å²) in [6.45, 7) is 19.0. The van der Waals surface area contributed by atoms with E-state index in [1.54, 1.807) is 41.8 Å². The summed E-state index contributed by atoms with van der Waals surface area (Å²) in [6.07, 6.45) is 2.31. The maximum absolute atomic E-state index is 14.1. The molecule has 1 saturated carbocycles. The number of halogens is 1. The summed E-state index contributed by atoms with van der Waals surface area (Å²) in [6, 6.07) is 16.3. The van der Waals surface area contributed by atoms with Crippen molar-refractivity contribution in [2.24, 2.45) is 16.2 Å². The number of ether oxygens (including phenoxy) is 2. The zero-order valence-electron chi connectivity index (χ0n) is 41.4. The van der Waals surface area contributed by atoms with Gasteiger partial charge in [0.1, 0.15) is 42.3 Å². The lowest BCUT2D eigenvalue weighted by Gasteiger charge is -2.63. The number of benzene rings is 2. The number of likely N-dealkylation sites (tertiary alicyclic amines) is 1. The third-order valence-electron chi connectivity index (χ3n) is 13.4. The van der Waals surface area contributed by atoms with Crippen LogP contribution in [0.4, 0.5) is 0 Å². The Morgan fingerprint density at radius 1 is 1.03 bits per heavy atom. The number of carbonyl (C=O) groups excluding carboxylic acids is 4. The smallest absolute Gasteiger partial charge is 0.270 e. The summed E-state index contributed by atoms with van der Waals surface area (Å²) in [5.41, 5.74) is 4.93. The number of aliphatic hydroxyl groups is 1. The number of pyridine rings is 1. The van der Waals surface area contributed by atoms with Crippen molar-refractivity contribution in [2.75, 3.05) is 39.9 Å². The Bertz CT molecular complexity index is 2490. The third-order valence-corrected chi connectivity index (χ3v) is 14.7. The number of nitrogens with zero attached hydrogens (tertiary/aromatic N) is 5. The maximum atomic E-state index is 14.1. The second kappa shape index (κ2) is 22.1. The molecule has 0 spiro atoms. The van der Waals surface area contributed by atoms with Crippen LogP contribution in [-0.2, 0) is 25.5 Å². The average molecular weight is 984 g/mol. The van der Waals surface area contributed by atoms with Gasteiger partial charge in [0.2, 0.25) is 17.7 Å². The fourth-order valence-corrected chi connectivity index (χ4v) is 10.8. The predicted molar refractivity (Wildman–Crippen MR) is 267 cm³/mol. The summed E-state index contributed by atoms with van der Waals surface area (Å²) in [7, 11) is 1.97. The minimum atomic E-state index is -0.965. The Hall–Kier alpha value is -5.44. The molecule has 3 heterocycles. The molecule has 69 heavy (non-hydrogen) atoms. The van der Waals surface area contributed by atoms with Crippen LogP contribution in [0.2, 0.25) is 5.02 Å². The second-order valence-electron chi connectivity index (χ2n) is 20.7.